The Bertz CT molecular complexity index is 632. The van der Waals surface area contributed by atoms with Crippen LogP contribution < -0.4 is 10.9 Å². The number of thiazole rings is 1. The van der Waals surface area contributed by atoms with Crippen molar-refractivity contribution in [1.29, 1.82) is 0 Å². The quantitative estimate of drug-likeness (QED) is 0.920. The Hall–Kier alpha value is -1.69. The van der Waals surface area contributed by atoms with Gasteiger partial charge in [0.2, 0.25) is 0 Å². The van der Waals surface area contributed by atoms with Gasteiger partial charge in [0.1, 0.15) is 5.01 Å². The van der Waals surface area contributed by atoms with Crippen LogP contribution in [0.15, 0.2) is 23.4 Å². The lowest BCUT2D eigenvalue weighted by Crippen LogP contribution is -2.26. The van der Waals surface area contributed by atoms with Crippen LogP contribution in [0.1, 0.15) is 49.7 Å². The van der Waals surface area contributed by atoms with Crippen molar-refractivity contribution >= 4 is 17.2 Å². The Kier molecular flexibility index (Phi) is 4.54. The minimum atomic E-state index is -0.0957. The van der Waals surface area contributed by atoms with E-state index in [9.17, 15) is 4.79 Å². The average Bonchev–Trinajstić information content (AvgIpc) is 2.89. The van der Waals surface area contributed by atoms with Gasteiger partial charge in [-0.1, -0.05) is 6.92 Å². The summed E-state index contributed by atoms with van der Waals surface area (Å²) in [7, 11) is 0. The molecule has 0 aliphatic carbocycles. The van der Waals surface area contributed by atoms with Crippen molar-refractivity contribution in [3.8, 4) is 0 Å². The van der Waals surface area contributed by atoms with Crippen molar-refractivity contribution < 1.29 is 0 Å². The summed E-state index contributed by atoms with van der Waals surface area (Å²) in [6.07, 6.45) is 6.23. The molecule has 2 rings (SSSR count). The SMILES string of the molecule is CCc1cnc(C(C)Nc2nccn(C(C)C)c2=O)s1. The highest BCUT2D eigenvalue weighted by atomic mass is 32.1. The van der Waals surface area contributed by atoms with Crippen molar-refractivity contribution in [3.05, 3.63) is 38.8 Å². The van der Waals surface area contributed by atoms with Crippen LogP contribution in [0, 0.1) is 0 Å². The number of rotatable bonds is 5. The molecule has 0 saturated heterocycles. The summed E-state index contributed by atoms with van der Waals surface area (Å²) in [6, 6.07) is 0.0939. The summed E-state index contributed by atoms with van der Waals surface area (Å²) in [4.78, 5) is 22.0. The smallest absolute Gasteiger partial charge is 0.293 e. The first-order valence-corrected chi connectivity index (χ1v) is 7.62. The van der Waals surface area contributed by atoms with Crippen molar-refractivity contribution in [2.75, 3.05) is 5.32 Å². The van der Waals surface area contributed by atoms with Crippen LogP contribution in [0.3, 0.4) is 0 Å². The first-order valence-electron chi connectivity index (χ1n) is 6.81. The van der Waals surface area contributed by atoms with Gasteiger partial charge in [0.15, 0.2) is 5.82 Å². The Balaban J connectivity index is 2.21. The van der Waals surface area contributed by atoms with Crippen LogP contribution >= 0.6 is 11.3 Å². The zero-order chi connectivity index (χ0) is 14.7. The summed E-state index contributed by atoms with van der Waals surface area (Å²) < 4.78 is 1.67. The zero-order valence-corrected chi connectivity index (χ0v) is 13.1. The van der Waals surface area contributed by atoms with Crippen molar-refractivity contribution in [2.45, 2.75) is 46.2 Å². The third-order valence-corrected chi connectivity index (χ3v) is 4.39. The van der Waals surface area contributed by atoms with Gasteiger partial charge in [0.05, 0.1) is 6.04 Å². The largest absolute Gasteiger partial charge is 0.357 e. The van der Waals surface area contributed by atoms with E-state index >= 15 is 0 Å². The molecule has 0 bridgehead atoms. The number of nitrogens with one attached hydrogen (secondary N) is 1. The number of hydrogen-bond donors (Lipinski definition) is 1. The average molecular weight is 292 g/mol. The molecule has 0 fully saturated rings. The van der Waals surface area contributed by atoms with E-state index in [0.717, 1.165) is 11.4 Å². The van der Waals surface area contributed by atoms with Crippen LogP contribution in [-0.4, -0.2) is 14.5 Å². The van der Waals surface area contributed by atoms with E-state index in [1.165, 1.54) is 4.88 Å². The van der Waals surface area contributed by atoms with Gasteiger partial charge in [-0.05, 0) is 27.2 Å². The molecule has 1 unspecified atom stereocenters. The van der Waals surface area contributed by atoms with Gasteiger partial charge < -0.3 is 9.88 Å². The molecule has 108 valence electrons. The molecule has 0 aromatic carbocycles. The molecular weight excluding hydrogens is 272 g/mol. The molecule has 1 atom stereocenters. The van der Waals surface area contributed by atoms with Crippen LogP contribution in [0.5, 0.6) is 0 Å². The molecule has 6 heteroatoms. The van der Waals surface area contributed by atoms with Gasteiger partial charge in [-0.15, -0.1) is 11.3 Å². The predicted molar refractivity (Wildman–Crippen MR) is 82.4 cm³/mol. The topological polar surface area (TPSA) is 59.8 Å². The number of anilines is 1. The summed E-state index contributed by atoms with van der Waals surface area (Å²) in [5.74, 6) is 0.377. The van der Waals surface area contributed by atoms with E-state index in [1.807, 2.05) is 27.0 Å². The third kappa shape index (κ3) is 3.07. The molecule has 5 nitrogen and oxygen atoms in total. The zero-order valence-electron chi connectivity index (χ0n) is 12.3. The lowest BCUT2D eigenvalue weighted by Gasteiger charge is -2.14. The maximum absolute atomic E-state index is 12.3. The van der Waals surface area contributed by atoms with Crippen molar-refractivity contribution in [1.82, 2.24) is 14.5 Å². The second kappa shape index (κ2) is 6.17. The van der Waals surface area contributed by atoms with Gasteiger partial charge in [-0.3, -0.25) is 4.79 Å². The van der Waals surface area contributed by atoms with Crippen LogP contribution in [0.2, 0.25) is 0 Å². The van der Waals surface area contributed by atoms with E-state index < -0.39 is 0 Å². The molecule has 0 amide bonds. The summed E-state index contributed by atoms with van der Waals surface area (Å²) in [6.45, 7) is 8.05. The fourth-order valence-corrected chi connectivity index (χ4v) is 2.74. The molecule has 2 aromatic rings. The van der Waals surface area contributed by atoms with Crippen LogP contribution in [-0.2, 0) is 6.42 Å². The third-order valence-electron chi connectivity index (χ3n) is 3.07. The first-order chi connectivity index (χ1) is 9.52. The van der Waals surface area contributed by atoms with E-state index in [2.05, 4.69) is 22.2 Å². The van der Waals surface area contributed by atoms with E-state index in [4.69, 9.17) is 0 Å². The molecule has 1 N–H and O–H groups in total. The van der Waals surface area contributed by atoms with Crippen LogP contribution in [0.25, 0.3) is 0 Å². The highest BCUT2D eigenvalue weighted by Gasteiger charge is 2.14. The van der Waals surface area contributed by atoms with Gasteiger partial charge in [0.25, 0.3) is 5.56 Å². The van der Waals surface area contributed by atoms with E-state index in [0.29, 0.717) is 5.82 Å². The Morgan fingerprint density at radius 1 is 1.35 bits per heavy atom. The maximum Gasteiger partial charge on any atom is 0.293 e. The Labute approximate surface area is 122 Å². The summed E-state index contributed by atoms with van der Waals surface area (Å²) in [5, 5.41) is 4.14. The van der Waals surface area contributed by atoms with E-state index in [-0.39, 0.29) is 17.6 Å². The standard InChI is InChI=1S/C14H20N4OS/c1-5-11-8-16-13(20-11)10(4)17-12-14(19)18(9(2)3)7-6-15-12/h6-10H,5H2,1-4H3,(H,15,17). The van der Waals surface area contributed by atoms with Crippen molar-refractivity contribution in [2.24, 2.45) is 0 Å². The maximum atomic E-state index is 12.3. The normalized spacial score (nSPS) is 12.7. The molecular formula is C14H20N4OS. The van der Waals surface area contributed by atoms with Crippen LogP contribution in [0.4, 0.5) is 5.82 Å². The van der Waals surface area contributed by atoms with Gasteiger partial charge in [-0.2, -0.15) is 0 Å². The summed E-state index contributed by atoms with van der Waals surface area (Å²) in [5.41, 5.74) is -0.0957. The second-order valence-electron chi connectivity index (χ2n) is 4.97. The number of aromatic nitrogens is 3. The molecule has 20 heavy (non-hydrogen) atoms. The lowest BCUT2D eigenvalue weighted by molar-refractivity contribution is 0.574. The lowest BCUT2D eigenvalue weighted by atomic mass is 10.3. The van der Waals surface area contributed by atoms with E-state index in [1.54, 1.807) is 28.3 Å². The predicted octanol–water partition coefficient (Wildman–Crippen LogP) is 3.02. The van der Waals surface area contributed by atoms with Crippen molar-refractivity contribution in [3.63, 3.8) is 0 Å². The minimum absolute atomic E-state index is 0.0245. The Morgan fingerprint density at radius 3 is 2.70 bits per heavy atom. The highest BCUT2D eigenvalue weighted by molar-refractivity contribution is 7.11. The molecule has 0 aliphatic heterocycles. The van der Waals surface area contributed by atoms with Gasteiger partial charge >= 0.3 is 0 Å². The van der Waals surface area contributed by atoms with Gasteiger partial charge in [0, 0.05) is 29.5 Å². The fourth-order valence-electron chi connectivity index (χ4n) is 1.88. The molecule has 2 heterocycles. The molecule has 2 aromatic heterocycles. The minimum Gasteiger partial charge on any atom is -0.357 e. The molecule has 0 radical (unpaired) electrons. The molecule has 0 aliphatic rings. The monoisotopic (exact) mass is 292 g/mol. The highest BCUT2D eigenvalue weighted by Crippen LogP contribution is 2.22. The summed E-state index contributed by atoms with van der Waals surface area (Å²) >= 11 is 1.67. The second-order valence-corrected chi connectivity index (χ2v) is 6.11. The molecule has 0 saturated carbocycles. The number of aryl methyl sites for hydroxylation is 1. The molecule has 0 spiro atoms. The number of hydrogen-bond acceptors (Lipinski definition) is 5. The first kappa shape index (κ1) is 14.7. The Morgan fingerprint density at radius 2 is 2.10 bits per heavy atom. The number of nitrogens with zero attached hydrogens (tertiary/aromatic N) is 3. The fraction of sp³-hybridized carbons (Fsp3) is 0.500. The van der Waals surface area contributed by atoms with Gasteiger partial charge in [-0.25, -0.2) is 9.97 Å².